The van der Waals surface area contributed by atoms with Gasteiger partial charge in [0.2, 0.25) is 0 Å². The van der Waals surface area contributed by atoms with Crippen LogP contribution in [0.2, 0.25) is 0 Å². The lowest BCUT2D eigenvalue weighted by Crippen LogP contribution is -2.37. The maximum absolute atomic E-state index is 13.4. The molecule has 4 heteroatoms. The zero-order valence-electron chi connectivity index (χ0n) is 9.75. The Morgan fingerprint density at radius 3 is 2.94 bits per heavy atom. The van der Waals surface area contributed by atoms with E-state index in [1.165, 1.54) is 6.07 Å². The van der Waals surface area contributed by atoms with Crippen molar-refractivity contribution in [2.45, 2.75) is 25.0 Å². The van der Waals surface area contributed by atoms with Gasteiger partial charge in [0.1, 0.15) is 5.82 Å². The van der Waals surface area contributed by atoms with Gasteiger partial charge in [-0.05, 0) is 30.5 Å². The zero-order chi connectivity index (χ0) is 12.3. The Bertz CT molecular complexity index is 622. The molecule has 4 rings (SSSR count). The summed E-state index contributed by atoms with van der Waals surface area (Å²) in [4.78, 5) is 4.15. The first-order valence-corrected chi connectivity index (χ1v) is 6.25. The molecule has 1 aromatic carbocycles. The molecule has 3 nitrogen and oxygen atoms in total. The van der Waals surface area contributed by atoms with Crippen LogP contribution in [0.4, 0.5) is 4.39 Å². The number of rotatable bonds is 1. The van der Waals surface area contributed by atoms with Crippen LogP contribution in [-0.2, 0) is 0 Å². The average molecular weight is 244 g/mol. The Kier molecular flexibility index (Phi) is 1.95. The maximum atomic E-state index is 13.4. The molecular formula is C14H13FN2O. The highest BCUT2D eigenvalue weighted by Crippen LogP contribution is 2.48. The van der Waals surface area contributed by atoms with E-state index in [4.69, 9.17) is 0 Å². The van der Waals surface area contributed by atoms with E-state index in [0.29, 0.717) is 0 Å². The summed E-state index contributed by atoms with van der Waals surface area (Å²) in [5, 5.41) is 9.90. The van der Waals surface area contributed by atoms with Crippen LogP contribution < -0.4 is 0 Å². The van der Waals surface area contributed by atoms with Gasteiger partial charge in [-0.3, -0.25) is 0 Å². The fourth-order valence-corrected chi connectivity index (χ4v) is 3.21. The molecule has 1 aliphatic carbocycles. The molecule has 2 aliphatic rings. The van der Waals surface area contributed by atoms with Gasteiger partial charge in [0.05, 0.1) is 30.4 Å². The van der Waals surface area contributed by atoms with Gasteiger partial charge in [0.15, 0.2) is 0 Å². The van der Waals surface area contributed by atoms with Crippen LogP contribution >= 0.6 is 0 Å². The van der Waals surface area contributed by atoms with Gasteiger partial charge in [0, 0.05) is 11.5 Å². The van der Waals surface area contributed by atoms with Crippen molar-refractivity contribution >= 4 is 0 Å². The first-order chi connectivity index (χ1) is 8.75. The van der Waals surface area contributed by atoms with Crippen molar-refractivity contribution in [2.24, 2.45) is 5.92 Å². The molecule has 0 bridgehead atoms. The number of benzene rings is 1. The molecule has 2 aromatic rings. The van der Waals surface area contributed by atoms with Gasteiger partial charge in [-0.15, -0.1) is 0 Å². The molecule has 0 spiro atoms. The van der Waals surface area contributed by atoms with Crippen molar-refractivity contribution in [1.82, 2.24) is 9.55 Å². The number of nitrogens with zero attached hydrogens (tertiary/aromatic N) is 2. The number of aliphatic hydroxyl groups excluding tert-OH is 1. The molecule has 3 atom stereocenters. The molecule has 0 saturated heterocycles. The Hall–Kier alpha value is -1.68. The van der Waals surface area contributed by atoms with Crippen molar-refractivity contribution in [2.75, 3.05) is 0 Å². The lowest BCUT2D eigenvalue weighted by molar-refractivity contribution is 0.00415. The van der Waals surface area contributed by atoms with E-state index in [9.17, 15) is 9.50 Å². The molecule has 1 saturated carbocycles. The minimum absolute atomic E-state index is 0.113. The van der Waals surface area contributed by atoms with Crippen molar-refractivity contribution in [3.05, 3.63) is 42.1 Å². The Balaban J connectivity index is 1.91. The predicted octanol–water partition coefficient (Wildman–Crippen LogP) is 2.36. The fourth-order valence-electron chi connectivity index (χ4n) is 3.21. The summed E-state index contributed by atoms with van der Waals surface area (Å²) in [5.41, 5.74) is 2.97. The van der Waals surface area contributed by atoms with Crippen LogP contribution in [0.3, 0.4) is 0 Å². The second-order valence-electron chi connectivity index (χ2n) is 5.17. The summed E-state index contributed by atoms with van der Waals surface area (Å²) in [6, 6.07) is 5.01. The lowest BCUT2D eigenvalue weighted by atomic mass is 9.74. The van der Waals surface area contributed by atoms with E-state index < -0.39 is 0 Å². The molecule has 1 aliphatic heterocycles. The number of imidazole rings is 1. The molecule has 0 unspecified atom stereocenters. The van der Waals surface area contributed by atoms with Crippen LogP contribution in [0.5, 0.6) is 0 Å². The molecule has 18 heavy (non-hydrogen) atoms. The highest BCUT2D eigenvalue weighted by atomic mass is 19.1. The minimum atomic E-state index is -0.249. The molecule has 1 fully saturated rings. The second-order valence-corrected chi connectivity index (χ2v) is 5.17. The quantitative estimate of drug-likeness (QED) is 0.836. The zero-order valence-corrected chi connectivity index (χ0v) is 9.75. The Morgan fingerprint density at radius 1 is 1.33 bits per heavy atom. The van der Waals surface area contributed by atoms with E-state index in [1.807, 2.05) is 6.07 Å². The number of fused-ring (bicyclic) bond motifs is 3. The predicted molar refractivity (Wildman–Crippen MR) is 64.5 cm³/mol. The summed E-state index contributed by atoms with van der Waals surface area (Å²) in [6.45, 7) is 0. The van der Waals surface area contributed by atoms with Crippen molar-refractivity contribution < 1.29 is 9.50 Å². The largest absolute Gasteiger partial charge is 0.393 e. The third kappa shape index (κ3) is 1.18. The number of aromatic nitrogens is 2. The SMILES string of the molecule is O[C@H]1CC[C@H]1[C@@H]1c2ccc(F)cc2-c2cncn21. The molecule has 92 valence electrons. The fraction of sp³-hybridized carbons (Fsp3) is 0.357. The highest BCUT2D eigenvalue weighted by Gasteiger charge is 2.42. The second kappa shape index (κ2) is 3.42. The lowest BCUT2D eigenvalue weighted by Gasteiger charge is -2.38. The van der Waals surface area contributed by atoms with E-state index >= 15 is 0 Å². The van der Waals surface area contributed by atoms with Crippen molar-refractivity contribution in [3.8, 4) is 11.3 Å². The summed E-state index contributed by atoms with van der Waals surface area (Å²) in [5.74, 6) is 0.000897. The van der Waals surface area contributed by atoms with Gasteiger partial charge in [-0.2, -0.15) is 0 Å². The molecule has 1 aromatic heterocycles. The average Bonchev–Trinajstić information content (AvgIpc) is 2.91. The topological polar surface area (TPSA) is 38.1 Å². The molecule has 2 heterocycles. The standard InChI is InChI=1S/C14H13FN2O/c15-8-1-2-9-11(5-8)12-6-16-7-17(12)14(9)10-3-4-13(10)18/h1-2,5-7,10,13-14,18H,3-4H2/t10-,13+,14+/m1/s1. The van der Waals surface area contributed by atoms with Gasteiger partial charge >= 0.3 is 0 Å². The van der Waals surface area contributed by atoms with E-state index in [0.717, 1.165) is 29.7 Å². The van der Waals surface area contributed by atoms with E-state index in [2.05, 4.69) is 9.55 Å². The number of hydrogen-bond acceptors (Lipinski definition) is 2. The Labute approximate surface area is 104 Å². The Morgan fingerprint density at radius 2 is 2.22 bits per heavy atom. The molecule has 1 N–H and O–H groups in total. The van der Waals surface area contributed by atoms with Crippen LogP contribution in [0.15, 0.2) is 30.7 Å². The van der Waals surface area contributed by atoms with Crippen LogP contribution in [0.1, 0.15) is 24.4 Å². The number of halogens is 1. The first-order valence-electron chi connectivity index (χ1n) is 6.25. The molecule has 0 amide bonds. The summed E-state index contributed by atoms with van der Waals surface area (Å²) < 4.78 is 15.5. The van der Waals surface area contributed by atoms with Crippen molar-refractivity contribution in [1.29, 1.82) is 0 Å². The third-order valence-corrected chi connectivity index (χ3v) is 4.27. The summed E-state index contributed by atoms with van der Waals surface area (Å²) in [7, 11) is 0. The third-order valence-electron chi connectivity index (χ3n) is 4.27. The smallest absolute Gasteiger partial charge is 0.123 e. The number of aliphatic hydroxyl groups is 1. The van der Waals surface area contributed by atoms with Gasteiger partial charge in [-0.25, -0.2) is 9.37 Å². The van der Waals surface area contributed by atoms with Crippen LogP contribution in [0, 0.1) is 11.7 Å². The van der Waals surface area contributed by atoms with Crippen LogP contribution in [-0.4, -0.2) is 20.8 Å². The van der Waals surface area contributed by atoms with Gasteiger partial charge in [0.25, 0.3) is 0 Å². The van der Waals surface area contributed by atoms with Gasteiger partial charge in [-0.1, -0.05) is 6.07 Å². The molecular weight excluding hydrogens is 231 g/mol. The van der Waals surface area contributed by atoms with Crippen LogP contribution in [0.25, 0.3) is 11.3 Å². The molecule has 0 radical (unpaired) electrons. The summed E-state index contributed by atoms with van der Waals surface area (Å²) >= 11 is 0. The highest BCUT2D eigenvalue weighted by molar-refractivity contribution is 5.69. The minimum Gasteiger partial charge on any atom is -0.393 e. The monoisotopic (exact) mass is 244 g/mol. The first kappa shape index (κ1) is 10.3. The van der Waals surface area contributed by atoms with Gasteiger partial charge < -0.3 is 9.67 Å². The van der Waals surface area contributed by atoms with E-state index in [1.54, 1.807) is 18.6 Å². The number of hydrogen-bond donors (Lipinski definition) is 1. The van der Waals surface area contributed by atoms with Crippen molar-refractivity contribution in [3.63, 3.8) is 0 Å². The maximum Gasteiger partial charge on any atom is 0.123 e. The normalized spacial score (nSPS) is 28.7. The van der Waals surface area contributed by atoms with E-state index in [-0.39, 0.29) is 23.9 Å². The summed E-state index contributed by atoms with van der Waals surface area (Å²) in [6.07, 6.45) is 5.18.